The summed E-state index contributed by atoms with van der Waals surface area (Å²) in [5, 5.41) is 12.4. The van der Waals surface area contributed by atoms with E-state index in [2.05, 4.69) is 19.2 Å². The Kier molecular flexibility index (Phi) is 6.58. The van der Waals surface area contributed by atoms with Crippen LogP contribution in [-0.2, 0) is 6.42 Å². The maximum absolute atomic E-state index is 8.94. The van der Waals surface area contributed by atoms with Gasteiger partial charge in [0, 0.05) is 13.2 Å². The van der Waals surface area contributed by atoms with Crippen LogP contribution in [0.5, 0.6) is 5.75 Å². The first-order valence-corrected chi connectivity index (χ1v) is 6.76. The Bertz CT molecular complexity index is 348. The van der Waals surface area contributed by atoms with Crippen molar-refractivity contribution in [1.29, 1.82) is 0 Å². The predicted octanol–water partition coefficient (Wildman–Crippen LogP) is 3.08. The van der Waals surface area contributed by atoms with Crippen molar-refractivity contribution in [1.82, 2.24) is 0 Å². The fraction of sp³-hybridized carbons (Fsp3) is 0.600. The van der Waals surface area contributed by atoms with Crippen LogP contribution in [0.2, 0.25) is 0 Å². The third-order valence-electron chi connectivity index (χ3n) is 3.40. The number of nitrogens with one attached hydrogen (secondary N) is 1. The number of methoxy groups -OCH3 is 1. The van der Waals surface area contributed by atoms with Crippen molar-refractivity contribution in [3.8, 4) is 5.75 Å². The van der Waals surface area contributed by atoms with Gasteiger partial charge in [-0.2, -0.15) is 0 Å². The molecule has 1 rings (SSSR count). The molecule has 3 nitrogen and oxygen atoms in total. The Labute approximate surface area is 110 Å². The average Bonchev–Trinajstić information content (AvgIpc) is 2.41. The second-order valence-electron chi connectivity index (χ2n) is 4.57. The quantitative estimate of drug-likeness (QED) is 0.746. The van der Waals surface area contributed by atoms with E-state index in [9.17, 15) is 0 Å². The largest absolute Gasteiger partial charge is 0.495 e. The molecule has 18 heavy (non-hydrogen) atoms. The summed E-state index contributed by atoms with van der Waals surface area (Å²) >= 11 is 0. The minimum atomic E-state index is 0.170. The highest BCUT2D eigenvalue weighted by atomic mass is 16.5. The van der Waals surface area contributed by atoms with Gasteiger partial charge in [0.05, 0.1) is 12.8 Å². The number of aliphatic hydroxyl groups excluding tert-OH is 1. The van der Waals surface area contributed by atoms with Gasteiger partial charge in [-0.15, -0.1) is 0 Å². The summed E-state index contributed by atoms with van der Waals surface area (Å²) in [6.07, 6.45) is 3.05. The molecule has 0 aromatic heterocycles. The van der Waals surface area contributed by atoms with Crippen molar-refractivity contribution in [2.45, 2.75) is 33.1 Å². The summed E-state index contributed by atoms with van der Waals surface area (Å²) in [7, 11) is 1.68. The van der Waals surface area contributed by atoms with Crippen LogP contribution in [0.4, 0.5) is 5.69 Å². The molecular formula is C15H25NO2. The SMILES string of the molecule is CCC(CC)CNc1ccc(CCO)cc1OC. The molecule has 0 aliphatic carbocycles. The Hall–Kier alpha value is -1.22. The van der Waals surface area contributed by atoms with E-state index in [-0.39, 0.29) is 6.61 Å². The lowest BCUT2D eigenvalue weighted by molar-refractivity contribution is 0.299. The minimum Gasteiger partial charge on any atom is -0.495 e. The van der Waals surface area contributed by atoms with Crippen molar-refractivity contribution in [2.24, 2.45) is 5.92 Å². The molecule has 0 atom stereocenters. The third kappa shape index (κ3) is 4.22. The lowest BCUT2D eigenvalue weighted by Crippen LogP contribution is -2.13. The zero-order valence-corrected chi connectivity index (χ0v) is 11.7. The minimum absolute atomic E-state index is 0.170. The van der Waals surface area contributed by atoms with Crippen LogP contribution in [0, 0.1) is 5.92 Å². The molecule has 0 radical (unpaired) electrons. The first-order chi connectivity index (χ1) is 8.74. The van der Waals surface area contributed by atoms with Gasteiger partial charge in [-0.3, -0.25) is 0 Å². The summed E-state index contributed by atoms with van der Waals surface area (Å²) < 4.78 is 5.39. The fourth-order valence-corrected chi connectivity index (χ4v) is 2.00. The standard InChI is InChI=1S/C15H25NO2/c1-4-12(5-2)11-16-14-7-6-13(8-9-17)10-15(14)18-3/h6-7,10,12,16-17H,4-5,8-9,11H2,1-3H3. The topological polar surface area (TPSA) is 41.5 Å². The Balaban J connectivity index is 2.70. The van der Waals surface area contributed by atoms with Crippen molar-refractivity contribution >= 4 is 5.69 Å². The van der Waals surface area contributed by atoms with Crippen LogP contribution in [0.3, 0.4) is 0 Å². The molecule has 102 valence electrons. The number of hydrogen-bond acceptors (Lipinski definition) is 3. The number of benzene rings is 1. The second-order valence-corrected chi connectivity index (χ2v) is 4.57. The van der Waals surface area contributed by atoms with Crippen molar-refractivity contribution in [3.05, 3.63) is 23.8 Å². The molecule has 0 amide bonds. The Morgan fingerprint density at radius 1 is 1.28 bits per heavy atom. The number of anilines is 1. The van der Waals surface area contributed by atoms with Gasteiger partial charge >= 0.3 is 0 Å². The van der Waals surface area contributed by atoms with Crippen molar-refractivity contribution < 1.29 is 9.84 Å². The smallest absolute Gasteiger partial charge is 0.142 e. The van der Waals surface area contributed by atoms with E-state index < -0.39 is 0 Å². The molecule has 2 N–H and O–H groups in total. The van der Waals surface area contributed by atoms with Crippen LogP contribution < -0.4 is 10.1 Å². The normalized spacial score (nSPS) is 10.7. The Morgan fingerprint density at radius 3 is 2.56 bits per heavy atom. The van der Waals surface area contributed by atoms with E-state index in [1.807, 2.05) is 18.2 Å². The van der Waals surface area contributed by atoms with Crippen LogP contribution in [0.1, 0.15) is 32.3 Å². The van der Waals surface area contributed by atoms with Gasteiger partial charge in [0.1, 0.15) is 5.75 Å². The fourth-order valence-electron chi connectivity index (χ4n) is 2.00. The monoisotopic (exact) mass is 251 g/mol. The zero-order valence-electron chi connectivity index (χ0n) is 11.7. The molecule has 0 aliphatic rings. The van der Waals surface area contributed by atoms with E-state index in [1.54, 1.807) is 7.11 Å². The van der Waals surface area contributed by atoms with Crippen LogP contribution >= 0.6 is 0 Å². The first kappa shape index (κ1) is 14.8. The van der Waals surface area contributed by atoms with E-state index in [4.69, 9.17) is 9.84 Å². The lowest BCUT2D eigenvalue weighted by atomic mass is 10.0. The maximum atomic E-state index is 8.94. The van der Waals surface area contributed by atoms with E-state index in [1.165, 1.54) is 12.8 Å². The highest BCUT2D eigenvalue weighted by Crippen LogP contribution is 2.26. The summed E-state index contributed by atoms with van der Waals surface area (Å²) in [6, 6.07) is 6.06. The Morgan fingerprint density at radius 2 is 2.00 bits per heavy atom. The van der Waals surface area contributed by atoms with Crippen LogP contribution in [0.15, 0.2) is 18.2 Å². The highest BCUT2D eigenvalue weighted by Gasteiger charge is 2.07. The first-order valence-electron chi connectivity index (χ1n) is 6.76. The van der Waals surface area contributed by atoms with E-state index in [0.29, 0.717) is 12.3 Å². The molecule has 0 aliphatic heterocycles. The molecule has 0 heterocycles. The van der Waals surface area contributed by atoms with Gasteiger partial charge in [0.2, 0.25) is 0 Å². The molecule has 0 bridgehead atoms. The average molecular weight is 251 g/mol. The summed E-state index contributed by atoms with van der Waals surface area (Å²) in [6.45, 7) is 5.58. The molecule has 0 fully saturated rings. The van der Waals surface area contributed by atoms with Gasteiger partial charge < -0.3 is 15.2 Å². The highest BCUT2D eigenvalue weighted by molar-refractivity contribution is 5.57. The number of ether oxygens (including phenoxy) is 1. The summed E-state index contributed by atoms with van der Waals surface area (Å²) in [5.41, 5.74) is 2.13. The van der Waals surface area contributed by atoms with Gasteiger partial charge in [0.25, 0.3) is 0 Å². The van der Waals surface area contributed by atoms with Gasteiger partial charge in [0.15, 0.2) is 0 Å². The maximum Gasteiger partial charge on any atom is 0.142 e. The van der Waals surface area contributed by atoms with Crippen LogP contribution in [-0.4, -0.2) is 25.4 Å². The lowest BCUT2D eigenvalue weighted by Gasteiger charge is -2.17. The summed E-state index contributed by atoms with van der Waals surface area (Å²) in [5.74, 6) is 1.55. The van der Waals surface area contributed by atoms with Crippen LogP contribution in [0.25, 0.3) is 0 Å². The molecular weight excluding hydrogens is 226 g/mol. The zero-order chi connectivity index (χ0) is 13.4. The molecule has 1 aromatic carbocycles. The third-order valence-corrected chi connectivity index (χ3v) is 3.40. The van der Waals surface area contributed by atoms with Gasteiger partial charge in [-0.05, 0) is 30.0 Å². The summed E-state index contributed by atoms with van der Waals surface area (Å²) in [4.78, 5) is 0. The number of rotatable bonds is 8. The van der Waals surface area contributed by atoms with Gasteiger partial charge in [-0.1, -0.05) is 32.8 Å². The number of hydrogen-bond donors (Lipinski definition) is 2. The molecule has 1 aromatic rings. The molecule has 3 heteroatoms. The van der Waals surface area contributed by atoms with E-state index >= 15 is 0 Å². The van der Waals surface area contributed by atoms with Gasteiger partial charge in [-0.25, -0.2) is 0 Å². The molecule has 0 spiro atoms. The second kappa shape index (κ2) is 7.98. The predicted molar refractivity (Wildman–Crippen MR) is 76.3 cm³/mol. The molecule has 0 unspecified atom stereocenters. The molecule has 0 saturated heterocycles. The van der Waals surface area contributed by atoms with Crippen molar-refractivity contribution in [2.75, 3.05) is 25.6 Å². The van der Waals surface area contributed by atoms with E-state index in [0.717, 1.165) is 23.5 Å². The van der Waals surface area contributed by atoms with Crippen molar-refractivity contribution in [3.63, 3.8) is 0 Å². The number of aliphatic hydroxyl groups is 1. The molecule has 0 saturated carbocycles.